The Morgan fingerprint density at radius 1 is 1.16 bits per heavy atom. The summed E-state index contributed by atoms with van der Waals surface area (Å²) in [5.41, 5.74) is 5.68. The highest BCUT2D eigenvalue weighted by Gasteiger charge is 2.36. The Morgan fingerprint density at radius 2 is 1.84 bits per heavy atom. The van der Waals surface area contributed by atoms with Gasteiger partial charge in [-0.3, -0.25) is 19.7 Å². The van der Waals surface area contributed by atoms with Crippen LogP contribution in [0, 0.1) is 5.92 Å². The number of nitrogens with zero attached hydrogens (tertiary/aromatic N) is 4. The van der Waals surface area contributed by atoms with Crippen molar-refractivity contribution in [1.29, 1.82) is 0 Å². The number of nitrogens with one attached hydrogen (secondary N) is 1. The molecular weight excluding hydrogens is 409 g/mol. The van der Waals surface area contributed by atoms with E-state index in [0.29, 0.717) is 31.9 Å². The molecule has 2 aromatic rings. The molecule has 0 spiro atoms. The lowest BCUT2D eigenvalue weighted by Crippen LogP contribution is -2.63. The molecule has 0 saturated carbocycles. The van der Waals surface area contributed by atoms with Crippen LogP contribution >= 0.6 is 0 Å². The van der Waals surface area contributed by atoms with E-state index in [1.807, 2.05) is 16.7 Å². The molecule has 1 aromatic carbocycles. The maximum Gasteiger partial charge on any atom is 0.418 e. The molecule has 3 N–H and O–H groups in total. The summed E-state index contributed by atoms with van der Waals surface area (Å²) in [7, 11) is 0. The number of carbonyl (C=O) groups excluding carboxylic acids is 1. The standard InChI is InChI=1S/C21H27F3N6O/c1-12-7-15(28-20(31)13(2)29-9-14(25)10-29)11-30(8-12)17-4-3-16(21(22,23)24)18-19(17)27-6-5-26-18/h3-6,12-15H,7-11,25H2,1-2H3,(H,28,31)/t12-,13+,15+/m0/s1. The molecule has 3 atom stereocenters. The van der Waals surface area contributed by atoms with Crippen molar-refractivity contribution in [3.05, 3.63) is 30.1 Å². The summed E-state index contributed by atoms with van der Waals surface area (Å²) >= 11 is 0. The number of likely N-dealkylation sites (tertiary alicyclic amines) is 1. The van der Waals surface area contributed by atoms with Crippen LogP contribution in [0.25, 0.3) is 11.0 Å². The molecule has 0 bridgehead atoms. The van der Waals surface area contributed by atoms with E-state index in [2.05, 4.69) is 22.2 Å². The lowest BCUT2D eigenvalue weighted by atomic mass is 9.94. The molecule has 2 aliphatic rings. The highest BCUT2D eigenvalue weighted by Crippen LogP contribution is 2.37. The first-order valence-corrected chi connectivity index (χ1v) is 10.5. The second-order valence-electron chi connectivity index (χ2n) is 8.72. The highest BCUT2D eigenvalue weighted by atomic mass is 19.4. The van der Waals surface area contributed by atoms with Gasteiger partial charge in [0.05, 0.1) is 17.3 Å². The van der Waals surface area contributed by atoms with Crippen molar-refractivity contribution in [2.45, 2.75) is 44.6 Å². The molecule has 3 heterocycles. The normalized spacial score (nSPS) is 24.1. The van der Waals surface area contributed by atoms with Crippen LogP contribution in [-0.2, 0) is 11.0 Å². The van der Waals surface area contributed by atoms with E-state index in [9.17, 15) is 18.0 Å². The number of halogens is 3. The lowest BCUT2D eigenvalue weighted by Gasteiger charge is -2.42. The van der Waals surface area contributed by atoms with Gasteiger partial charge in [0.2, 0.25) is 5.91 Å². The summed E-state index contributed by atoms with van der Waals surface area (Å²) in [5.74, 6) is 0.198. The van der Waals surface area contributed by atoms with Crippen LogP contribution < -0.4 is 16.0 Å². The molecule has 1 amide bonds. The number of amides is 1. The number of nitrogens with two attached hydrogens (primary N) is 1. The fraction of sp³-hybridized carbons (Fsp3) is 0.571. The summed E-state index contributed by atoms with van der Waals surface area (Å²) in [5, 5.41) is 3.12. The maximum absolute atomic E-state index is 13.4. The summed E-state index contributed by atoms with van der Waals surface area (Å²) in [6.07, 6.45) is -1.03. The molecule has 2 fully saturated rings. The van der Waals surface area contributed by atoms with Gasteiger partial charge in [0.25, 0.3) is 0 Å². The van der Waals surface area contributed by atoms with E-state index in [1.54, 1.807) is 0 Å². The van der Waals surface area contributed by atoms with Crippen molar-refractivity contribution >= 4 is 22.6 Å². The Morgan fingerprint density at radius 3 is 2.48 bits per heavy atom. The molecule has 168 valence electrons. The van der Waals surface area contributed by atoms with Crippen molar-refractivity contribution < 1.29 is 18.0 Å². The number of benzene rings is 1. The second-order valence-corrected chi connectivity index (χ2v) is 8.72. The summed E-state index contributed by atoms with van der Waals surface area (Å²) in [6, 6.07) is 2.27. The fourth-order valence-corrected chi connectivity index (χ4v) is 4.53. The zero-order valence-electron chi connectivity index (χ0n) is 17.6. The Hall–Kier alpha value is -2.46. The first-order chi connectivity index (χ1) is 14.6. The first-order valence-electron chi connectivity index (χ1n) is 10.5. The van der Waals surface area contributed by atoms with Crippen molar-refractivity contribution in [1.82, 2.24) is 20.2 Å². The fourth-order valence-electron chi connectivity index (χ4n) is 4.53. The average molecular weight is 436 g/mol. The SMILES string of the molecule is C[C@H]1C[C@@H](NC(=O)[C@@H](C)N2CC(N)C2)CN(c2ccc(C(F)(F)F)c3nccnc23)C1. The van der Waals surface area contributed by atoms with E-state index in [1.165, 1.54) is 18.5 Å². The maximum atomic E-state index is 13.4. The largest absolute Gasteiger partial charge is 0.418 e. The van der Waals surface area contributed by atoms with E-state index in [4.69, 9.17) is 5.73 Å². The third-order valence-electron chi connectivity index (χ3n) is 6.12. The van der Waals surface area contributed by atoms with Crippen LogP contribution in [0.15, 0.2) is 24.5 Å². The van der Waals surface area contributed by atoms with Gasteiger partial charge in [-0.05, 0) is 31.4 Å². The quantitative estimate of drug-likeness (QED) is 0.763. The van der Waals surface area contributed by atoms with Crippen LogP contribution in [0.3, 0.4) is 0 Å². The average Bonchev–Trinajstić information content (AvgIpc) is 2.68. The molecule has 0 aliphatic carbocycles. The van der Waals surface area contributed by atoms with Crippen LogP contribution in [0.2, 0.25) is 0 Å². The van der Waals surface area contributed by atoms with Gasteiger partial charge in [-0.1, -0.05) is 6.92 Å². The molecule has 0 unspecified atom stereocenters. The van der Waals surface area contributed by atoms with Crippen LogP contribution in [0.5, 0.6) is 0 Å². The first kappa shape index (κ1) is 21.8. The number of fused-ring (bicyclic) bond motifs is 1. The Balaban J connectivity index is 1.55. The van der Waals surface area contributed by atoms with Crippen molar-refractivity contribution in [2.75, 3.05) is 31.1 Å². The molecule has 4 rings (SSSR count). The van der Waals surface area contributed by atoms with Gasteiger partial charge >= 0.3 is 6.18 Å². The van der Waals surface area contributed by atoms with Crippen molar-refractivity contribution in [3.8, 4) is 0 Å². The van der Waals surface area contributed by atoms with E-state index in [0.717, 1.165) is 12.5 Å². The van der Waals surface area contributed by atoms with Gasteiger partial charge in [-0.25, -0.2) is 0 Å². The molecule has 31 heavy (non-hydrogen) atoms. The zero-order chi connectivity index (χ0) is 22.3. The van der Waals surface area contributed by atoms with Crippen molar-refractivity contribution in [3.63, 3.8) is 0 Å². The minimum atomic E-state index is -4.51. The number of hydrogen-bond donors (Lipinski definition) is 2. The highest BCUT2D eigenvalue weighted by molar-refractivity contribution is 5.91. The van der Waals surface area contributed by atoms with Gasteiger partial charge < -0.3 is 16.0 Å². The van der Waals surface area contributed by atoms with Gasteiger partial charge in [-0.2, -0.15) is 13.2 Å². The summed E-state index contributed by atoms with van der Waals surface area (Å²) < 4.78 is 40.3. The number of aromatic nitrogens is 2. The monoisotopic (exact) mass is 436 g/mol. The molecule has 1 aromatic heterocycles. The summed E-state index contributed by atoms with van der Waals surface area (Å²) in [6.45, 7) is 6.51. The number of rotatable bonds is 4. The third-order valence-corrected chi connectivity index (χ3v) is 6.12. The minimum Gasteiger partial charge on any atom is -0.367 e. The van der Waals surface area contributed by atoms with Crippen LogP contribution in [0.4, 0.5) is 18.9 Å². The molecule has 2 aliphatic heterocycles. The number of carbonyl (C=O) groups is 1. The van der Waals surface area contributed by atoms with Crippen LogP contribution in [-0.4, -0.2) is 65.1 Å². The third kappa shape index (κ3) is 4.45. The van der Waals surface area contributed by atoms with Crippen molar-refractivity contribution in [2.24, 2.45) is 11.7 Å². The zero-order valence-corrected chi connectivity index (χ0v) is 17.6. The predicted octanol–water partition coefficient (Wildman–Crippen LogP) is 2.01. The Bertz CT molecular complexity index is 962. The van der Waals surface area contributed by atoms with Gasteiger partial charge in [0.1, 0.15) is 11.0 Å². The topological polar surface area (TPSA) is 87.4 Å². The number of hydrogen-bond acceptors (Lipinski definition) is 6. The number of alkyl halides is 3. The van der Waals surface area contributed by atoms with E-state index < -0.39 is 11.7 Å². The van der Waals surface area contributed by atoms with E-state index >= 15 is 0 Å². The summed E-state index contributed by atoms with van der Waals surface area (Å²) in [4.78, 5) is 24.9. The minimum absolute atomic E-state index is 0.0528. The predicted molar refractivity (Wildman–Crippen MR) is 111 cm³/mol. The van der Waals surface area contributed by atoms with E-state index in [-0.39, 0.29) is 41.0 Å². The second kappa shape index (κ2) is 8.23. The number of piperidine rings is 1. The molecular formula is C21H27F3N6O. The lowest BCUT2D eigenvalue weighted by molar-refractivity contribution is -0.136. The van der Waals surface area contributed by atoms with Crippen LogP contribution in [0.1, 0.15) is 25.8 Å². The number of anilines is 1. The Labute approximate surface area is 178 Å². The molecule has 7 nitrogen and oxygen atoms in total. The Kier molecular flexibility index (Phi) is 5.78. The smallest absolute Gasteiger partial charge is 0.367 e. The molecule has 0 radical (unpaired) electrons. The van der Waals surface area contributed by atoms with Gasteiger partial charge in [-0.15, -0.1) is 0 Å². The van der Waals surface area contributed by atoms with Gasteiger partial charge in [0.15, 0.2) is 0 Å². The molecule has 10 heteroatoms. The van der Waals surface area contributed by atoms with Gasteiger partial charge in [0, 0.05) is 50.7 Å². The molecule has 2 saturated heterocycles.